The number of hydrogen-bond donors (Lipinski definition) is 1. The van der Waals surface area contributed by atoms with Crippen molar-refractivity contribution in [3.63, 3.8) is 0 Å². The van der Waals surface area contributed by atoms with E-state index in [0.717, 1.165) is 29.8 Å². The fourth-order valence-corrected chi connectivity index (χ4v) is 3.02. The summed E-state index contributed by atoms with van der Waals surface area (Å²) in [6.07, 6.45) is 9.56. The molecular formula is C21H22Cl4N2. The highest BCUT2D eigenvalue weighted by atomic mass is 35.5. The van der Waals surface area contributed by atoms with Crippen LogP contribution in [0.1, 0.15) is 44.6 Å². The van der Waals surface area contributed by atoms with Crippen LogP contribution in [0.15, 0.2) is 47.6 Å². The van der Waals surface area contributed by atoms with Gasteiger partial charge in [0.1, 0.15) is 0 Å². The second kappa shape index (κ2) is 11.6. The predicted octanol–water partition coefficient (Wildman–Crippen LogP) is 8.75. The van der Waals surface area contributed by atoms with Gasteiger partial charge in [0.2, 0.25) is 0 Å². The van der Waals surface area contributed by atoms with Crippen LogP contribution in [-0.2, 0) is 0 Å². The molecule has 2 aromatic rings. The van der Waals surface area contributed by atoms with Gasteiger partial charge in [0, 0.05) is 0 Å². The van der Waals surface area contributed by atoms with E-state index in [1.165, 1.54) is 19.3 Å². The molecule has 0 saturated carbocycles. The maximum absolute atomic E-state index is 6.08. The number of benzene rings is 2. The highest BCUT2D eigenvalue weighted by Gasteiger charge is 2.01. The van der Waals surface area contributed by atoms with Gasteiger partial charge in [-0.3, -0.25) is 5.43 Å². The Morgan fingerprint density at radius 1 is 0.889 bits per heavy atom. The minimum absolute atomic E-state index is 0.493. The molecule has 27 heavy (non-hydrogen) atoms. The molecule has 0 bridgehead atoms. The lowest BCUT2D eigenvalue weighted by molar-refractivity contribution is 0.683. The Hall–Kier alpha value is -1.19. The number of nitrogens with zero attached hydrogens (tertiary/aromatic N) is 1. The Bertz CT molecular complexity index is 816. The maximum Gasteiger partial charge on any atom is 0.0613 e. The third-order valence-electron chi connectivity index (χ3n) is 3.95. The lowest BCUT2D eigenvalue weighted by atomic mass is 10.1. The number of allylic oxidation sites excluding steroid dienone is 1. The predicted molar refractivity (Wildman–Crippen MR) is 122 cm³/mol. The quantitative estimate of drug-likeness (QED) is 0.233. The van der Waals surface area contributed by atoms with E-state index in [9.17, 15) is 0 Å². The normalized spacial score (nSPS) is 12.0. The molecule has 0 amide bonds. The smallest absolute Gasteiger partial charge is 0.0613 e. The Kier molecular flexibility index (Phi) is 9.50. The number of hydrogen-bond acceptors (Lipinski definition) is 2. The number of rotatable bonds is 9. The zero-order chi connectivity index (χ0) is 19.6. The van der Waals surface area contributed by atoms with E-state index < -0.39 is 0 Å². The van der Waals surface area contributed by atoms with Crippen LogP contribution in [0.5, 0.6) is 0 Å². The monoisotopic (exact) mass is 442 g/mol. The van der Waals surface area contributed by atoms with E-state index in [0.29, 0.717) is 20.1 Å². The molecule has 0 aliphatic carbocycles. The molecule has 0 heterocycles. The maximum atomic E-state index is 6.08. The van der Waals surface area contributed by atoms with E-state index in [2.05, 4.69) is 17.5 Å². The van der Waals surface area contributed by atoms with Gasteiger partial charge in [0.05, 0.1) is 31.5 Å². The summed E-state index contributed by atoms with van der Waals surface area (Å²) in [6.45, 7) is 2.20. The number of anilines is 1. The summed E-state index contributed by atoms with van der Waals surface area (Å²) in [7, 11) is 0. The van der Waals surface area contributed by atoms with Crippen LogP contribution in [0.4, 0.5) is 5.69 Å². The average Bonchev–Trinajstić information content (AvgIpc) is 2.65. The standard InChI is InChI=1S/C21H22Cl4N2/c1-2-3-4-5-6-16(9-7-15-8-11-18(22)20(24)13-15)26-27-17-10-12-19(23)21(25)14-17/h7-14,27H,2-6H2,1H3/b9-7+,26-16+. The van der Waals surface area contributed by atoms with Gasteiger partial charge in [-0.05, 0) is 54.8 Å². The third-order valence-corrected chi connectivity index (χ3v) is 5.42. The highest BCUT2D eigenvalue weighted by Crippen LogP contribution is 2.25. The molecule has 0 spiro atoms. The summed E-state index contributed by atoms with van der Waals surface area (Å²) in [4.78, 5) is 0. The lowest BCUT2D eigenvalue weighted by Crippen LogP contribution is -2.00. The van der Waals surface area contributed by atoms with Crippen molar-refractivity contribution in [2.24, 2.45) is 5.10 Å². The summed E-state index contributed by atoms with van der Waals surface area (Å²) < 4.78 is 0. The van der Waals surface area contributed by atoms with Crippen molar-refractivity contribution in [1.29, 1.82) is 0 Å². The molecule has 0 fully saturated rings. The summed E-state index contributed by atoms with van der Waals surface area (Å²) in [5.41, 5.74) is 5.77. The van der Waals surface area contributed by atoms with E-state index in [4.69, 9.17) is 46.4 Å². The van der Waals surface area contributed by atoms with E-state index in [-0.39, 0.29) is 0 Å². The van der Waals surface area contributed by atoms with Crippen LogP contribution in [0.25, 0.3) is 6.08 Å². The third kappa shape index (κ3) is 7.75. The van der Waals surface area contributed by atoms with E-state index in [1.54, 1.807) is 18.2 Å². The van der Waals surface area contributed by atoms with Gasteiger partial charge < -0.3 is 0 Å². The van der Waals surface area contributed by atoms with E-state index in [1.807, 2.05) is 30.4 Å². The zero-order valence-electron chi connectivity index (χ0n) is 15.1. The zero-order valence-corrected chi connectivity index (χ0v) is 18.1. The van der Waals surface area contributed by atoms with Crippen molar-refractivity contribution in [2.45, 2.75) is 39.0 Å². The first-order valence-electron chi connectivity index (χ1n) is 8.90. The molecule has 2 aromatic carbocycles. The molecule has 1 N–H and O–H groups in total. The summed E-state index contributed by atoms with van der Waals surface area (Å²) in [5.74, 6) is 0. The highest BCUT2D eigenvalue weighted by molar-refractivity contribution is 6.42. The Labute approximate surface area is 181 Å². The van der Waals surface area contributed by atoms with Crippen molar-refractivity contribution < 1.29 is 0 Å². The minimum atomic E-state index is 0.493. The van der Waals surface area contributed by atoms with Crippen molar-refractivity contribution in [3.05, 3.63) is 68.1 Å². The molecule has 6 heteroatoms. The summed E-state index contributed by atoms with van der Waals surface area (Å²) >= 11 is 24.1. The van der Waals surface area contributed by atoms with Crippen molar-refractivity contribution in [2.75, 3.05) is 5.43 Å². The summed E-state index contributed by atoms with van der Waals surface area (Å²) in [5, 5.41) is 6.63. The number of halogens is 4. The first kappa shape index (κ1) is 22.1. The largest absolute Gasteiger partial charge is 0.278 e. The van der Waals surface area contributed by atoms with Gasteiger partial charge in [-0.1, -0.05) is 84.7 Å². The van der Waals surface area contributed by atoms with Gasteiger partial charge >= 0.3 is 0 Å². The second-order valence-electron chi connectivity index (χ2n) is 6.16. The Morgan fingerprint density at radius 2 is 1.59 bits per heavy atom. The fraction of sp³-hybridized carbons (Fsp3) is 0.286. The van der Waals surface area contributed by atoms with Crippen LogP contribution < -0.4 is 5.43 Å². The second-order valence-corrected chi connectivity index (χ2v) is 7.79. The number of nitrogens with one attached hydrogen (secondary N) is 1. The van der Waals surface area contributed by atoms with Crippen LogP contribution in [-0.4, -0.2) is 5.71 Å². The van der Waals surface area contributed by atoms with Crippen LogP contribution in [0.2, 0.25) is 20.1 Å². The molecule has 0 atom stereocenters. The van der Waals surface area contributed by atoms with Crippen molar-refractivity contribution in [1.82, 2.24) is 0 Å². The first-order chi connectivity index (χ1) is 13.0. The molecule has 0 aliphatic rings. The number of unbranched alkanes of at least 4 members (excludes halogenated alkanes) is 3. The van der Waals surface area contributed by atoms with Crippen LogP contribution >= 0.6 is 46.4 Å². The fourth-order valence-electron chi connectivity index (χ4n) is 2.42. The molecule has 0 unspecified atom stereocenters. The Morgan fingerprint density at radius 3 is 2.26 bits per heavy atom. The van der Waals surface area contributed by atoms with Gasteiger partial charge in [-0.25, -0.2) is 0 Å². The summed E-state index contributed by atoms with van der Waals surface area (Å²) in [6, 6.07) is 10.9. The minimum Gasteiger partial charge on any atom is -0.278 e. The van der Waals surface area contributed by atoms with Gasteiger partial charge in [0.25, 0.3) is 0 Å². The lowest BCUT2D eigenvalue weighted by Gasteiger charge is -2.06. The van der Waals surface area contributed by atoms with Gasteiger partial charge in [-0.2, -0.15) is 5.10 Å². The molecule has 0 saturated heterocycles. The average molecular weight is 444 g/mol. The molecule has 144 valence electrons. The van der Waals surface area contributed by atoms with Crippen molar-refractivity contribution in [3.8, 4) is 0 Å². The SMILES string of the molecule is CCCCCCC(/C=C/c1ccc(Cl)c(Cl)c1)=N\Nc1ccc(Cl)c(Cl)c1. The molecule has 0 aromatic heterocycles. The topological polar surface area (TPSA) is 24.4 Å². The molecule has 2 rings (SSSR count). The Balaban J connectivity index is 2.12. The van der Waals surface area contributed by atoms with Gasteiger partial charge in [-0.15, -0.1) is 0 Å². The van der Waals surface area contributed by atoms with Gasteiger partial charge in [0.15, 0.2) is 0 Å². The number of hydrazone groups is 1. The van der Waals surface area contributed by atoms with Crippen LogP contribution in [0.3, 0.4) is 0 Å². The molecule has 0 aliphatic heterocycles. The van der Waals surface area contributed by atoms with E-state index >= 15 is 0 Å². The molecule has 0 radical (unpaired) electrons. The molecule has 2 nitrogen and oxygen atoms in total. The first-order valence-corrected chi connectivity index (χ1v) is 10.4. The van der Waals surface area contributed by atoms with Crippen molar-refractivity contribution >= 4 is 63.9 Å². The molecular weight excluding hydrogens is 422 g/mol. The van der Waals surface area contributed by atoms with Crippen LogP contribution in [0, 0.1) is 0 Å².